The van der Waals surface area contributed by atoms with Crippen molar-refractivity contribution in [3.63, 3.8) is 0 Å². The number of anilines is 2. The van der Waals surface area contributed by atoms with Gasteiger partial charge in [0.25, 0.3) is 5.56 Å². The van der Waals surface area contributed by atoms with E-state index in [0.29, 0.717) is 26.6 Å². The highest BCUT2D eigenvalue weighted by molar-refractivity contribution is 9.10. The number of nitrogens with zero attached hydrogens (tertiary/aromatic N) is 3. The highest BCUT2D eigenvalue weighted by Crippen LogP contribution is 2.24. The van der Waals surface area contributed by atoms with Gasteiger partial charge in [-0.05, 0) is 35.9 Å². The normalized spacial score (nSPS) is 10.8. The van der Waals surface area contributed by atoms with E-state index in [1.807, 2.05) is 24.3 Å². The van der Waals surface area contributed by atoms with Crippen LogP contribution in [0.25, 0.3) is 0 Å². The molecule has 0 unspecified atom stereocenters. The molecule has 26 heavy (non-hydrogen) atoms. The molecule has 2 aromatic carbocycles. The maximum absolute atomic E-state index is 12.5. The van der Waals surface area contributed by atoms with Crippen LogP contribution in [0.15, 0.2) is 56.9 Å². The van der Waals surface area contributed by atoms with Crippen LogP contribution in [0.3, 0.4) is 0 Å². The van der Waals surface area contributed by atoms with Crippen LogP contribution in [-0.4, -0.2) is 14.8 Å². The minimum atomic E-state index is -0.283. The van der Waals surface area contributed by atoms with Gasteiger partial charge < -0.3 is 5.32 Å². The molecule has 134 valence electrons. The molecule has 9 heteroatoms. The molecule has 1 heterocycles. The summed E-state index contributed by atoms with van der Waals surface area (Å²) < 4.78 is 2.49. The first-order valence-corrected chi connectivity index (χ1v) is 10.00. The number of halogens is 3. The molecule has 5 nitrogen and oxygen atoms in total. The zero-order valence-corrected chi connectivity index (χ0v) is 17.5. The number of aromatic nitrogens is 3. The monoisotopic (exact) mass is 470 g/mol. The molecule has 0 spiro atoms. The van der Waals surface area contributed by atoms with Gasteiger partial charge in [0.15, 0.2) is 5.16 Å². The maximum Gasteiger partial charge on any atom is 0.297 e. The number of thioether (sulfide) groups is 1. The number of nitrogens with one attached hydrogen (secondary N) is 1. The quantitative estimate of drug-likeness (QED) is 0.513. The predicted molar refractivity (Wildman–Crippen MR) is 111 cm³/mol. The molecule has 1 aromatic heterocycles. The second kappa shape index (κ2) is 8.43. The summed E-state index contributed by atoms with van der Waals surface area (Å²) in [7, 11) is 1.66. The Morgan fingerprint density at radius 3 is 2.42 bits per heavy atom. The Bertz CT molecular complexity index is 975. The molecule has 0 fully saturated rings. The number of rotatable bonds is 5. The predicted octanol–water partition coefficient (Wildman–Crippen LogP) is 5.28. The van der Waals surface area contributed by atoms with E-state index in [4.69, 9.17) is 23.2 Å². The summed E-state index contributed by atoms with van der Waals surface area (Å²) in [5.74, 6) is 0.796. The van der Waals surface area contributed by atoms with Gasteiger partial charge in [-0.3, -0.25) is 9.36 Å². The minimum Gasteiger partial charge on any atom is -0.334 e. The fourth-order valence-electron chi connectivity index (χ4n) is 2.14. The lowest BCUT2D eigenvalue weighted by molar-refractivity contribution is 0.666. The Morgan fingerprint density at radius 1 is 1.12 bits per heavy atom. The molecule has 0 bridgehead atoms. The highest BCUT2D eigenvalue weighted by atomic mass is 79.9. The van der Waals surface area contributed by atoms with Crippen molar-refractivity contribution >= 4 is 62.4 Å². The zero-order chi connectivity index (χ0) is 18.7. The molecule has 3 rings (SSSR count). The van der Waals surface area contributed by atoms with Gasteiger partial charge in [0, 0.05) is 33.0 Å². The zero-order valence-electron chi connectivity index (χ0n) is 13.5. The number of benzene rings is 2. The summed E-state index contributed by atoms with van der Waals surface area (Å²) in [4.78, 5) is 12.5. The first-order chi connectivity index (χ1) is 12.4. The molecule has 0 radical (unpaired) electrons. The average Bonchev–Trinajstić information content (AvgIpc) is 2.59. The van der Waals surface area contributed by atoms with Crippen molar-refractivity contribution in [2.75, 3.05) is 5.32 Å². The molecule has 0 aliphatic rings. The molecule has 3 aromatic rings. The topological polar surface area (TPSA) is 59.8 Å². The van der Waals surface area contributed by atoms with E-state index in [1.165, 1.54) is 16.3 Å². The van der Waals surface area contributed by atoms with Gasteiger partial charge in [0.1, 0.15) is 0 Å². The standard InChI is InChI=1S/C17H13BrCl2N4OS/c1-24-16(25)15(21-14-7-12(19)6-13(20)8-14)22-23-17(24)26-9-10-2-4-11(18)5-3-10/h2-8H,9H2,1H3,(H,21,22). The van der Waals surface area contributed by atoms with Crippen molar-refractivity contribution < 1.29 is 0 Å². The van der Waals surface area contributed by atoms with Gasteiger partial charge in [-0.25, -0.2) is 0 Å². The van der Waals surface area contributed by atoms with Crippen LogP contribution >= 0.6 is 50.9 Å². The summed E-state index contributed by atoms with van der Waals surface area (Å²) in [5, 5.41) is 12.5. The fourth-order valence-corrected chi connectivity index (χ4v) is 3.80. The molecular formula is C17H13BrCl2N4OS. The second-order valence-corrected chi connectivity index (χ2v) is 8.12. The van der Waals surface area contributed by atoms with Gasteiger partial charge in [-0.15, -0.1) is 10.2 Å². The third kappa shape index (κ3) is 4.79. The van der Waals surface area contributed by atoms with E-state index in [-0.39, 0.29) is 11.4 Å². The summed E-state index contributed by atoms with van der Waals surface area (Å²) in [6.07, 6.45) is 0. The smallest absolute Gasteiger partial charge is 0.297 e. The van der Waals surface area contributed by atoms with Crippen LogP contribution < -0.4 is 10.9 Å². The maximum atomic E-state index is 12.5. The van der Waals surface area contributed by atoms with E-state index < -0.39 is 0 Å². The number of hydrogen-bond acceptors (Lipinski definition) is 5. The molecule has 1 N–H and O–H groups in total. The van der Waals surface area contributed by atoms with Gasteiger partial charge in [-0.1, -0.05) is 63.0 Å². The fraction of sp³-hybridized carbons (Fsp3) is 0.118. The molecule has 0 saturated heterocycles. The molecular weight excluding hydrogens is 459 g/mol. The van der Waals surface area contributed by atoms with E-state index >= 15 is 0 Å². The van der Waals surface area contributed by atoms with Crippen molar-refractivity contribution in [1.29, 1.82) is 0 Å². The highest BCUT2D eigenvalue weighted by Gasteiger charge is 2.11. The summed E-state index contributed by atoms with van der Waals surface area (Å²) in [6.45, 7) is 0. The average molecular weight is 472 g/mol. The minimum absolute atomic E-state index is 0.110. The molecule has 0 atom stereocenters. The van der Waals surface area contributed by atoms with E-state index in [9.17, 15) is 4.79 Å². The van der Waals surface area contributed by atoms with Gasteiger partial charge in [0.2, 0.25) is 5.82 Å². The Kier molecular flexibility index (Phi) is 6.24. The Hall–Kier alpha value is -1.54. The van der Waals surface area contributed by atoms with Crippen LogP contribution in [0.5, 0.6) is 0 Å². The first-order valence-electron chi connectivity index (χ1n) is 7.46. The third-order valence-corrected chi connectivity index (χ3v) is 5.49. The first kappa shape index (κ1) is 19.2. The lowest BCUT2D eigenvalue weighted by Crippen LogP contribution is -2.24. The Morgan fingerprint density at radius 2 is 1.77 bits per heavy atom. The molecule has 0 amide bonds. The van der Waals surface area contributed by atoms with E-state index in [1.54, 1.807) is 25.2 Å². The second-order valence-electron chi connectivity index (χ2n) is 5.39. The summed E-state index contributed by atoms with van der Waals surface area (Å²) in [6, 6.07) is 12.9. The van der Waals surface area contributed by atoms with Crippen molar-refractivity contribution in [3.05, 3.63) is 72.9 Å². The molecule has 0 saturated carbocycles. The van der Waals surface area contributed by atoms with Crippen molar-refractivity contribution in [1.82, 2.24) is 14.8 Å². The van der Waals surface area contributed by atoms with Crippen LogP contribution in [0.1, 0.15) is 5.56 Å². The molecule has 0 aliphatic heterocycles. The lowest BCUT2D eigenvalue weighted by atomic mass is 10.2. The van der Waals surface area contributed by atoms with Crippen LogP contribution in [0.4, 0.5) is 11.5 Å². The van der Waals surface area contributed by atoms with E-state index in [0.717, 1.165) is 10.0 Å². The van der Waals surface area contributed by atoms with Crippen LogP contribution in [-0.2, 0) is 12.8 Å². The lowest BCUT2D eigenvalue weighted by Gasteiger charge is -2.10. The van der Waals surface area contributed by atoms with Crippen molar-refractivity contribution in [2.45, 2.75) is 10.9 Å². The summed E-state index contributed by atoms with van der Waals surface area (Å²) >= 11 is 16.8. The largest absolute Gasteiger partial charge is 0.334 e. The van der Waals surface area contributed by atoms with Crippen LogP contribution in [0.2, 0.25) is 10.0 Å². The SMILES string of the molecule is Cn1c(SCc2ccc(Br)cc2)nnc(Nc2cc(Cl)cc(Cl)c2)c1=O. The van der Waals surface area contributed by atoms with Gasteiger partial charge in [0.05, 0.1) is 0 Å². The Labute approximate surface area is 172 Å². The number of hydrogen-bond donors (Lipinski definition) is 1. The van der Waals surface area contributed by atoms with Gasteiger partial charge >= 0.3 is 0 Å². The molecule has 0 aliphatic carbocycles. The van der Waals surface area contributed by atoms with Crippen molar-refractivity contribution in [2.24, 2.45) is 7.05 Å². The third-order valence-electron chi connectivity index (χ3n) is 3.44. The Balaban J connectivity index is 1.77. The van der Waals surface area contributed by atoms with Gasteiger partial charge in [-0.2, -0.15) is 0 Å². The summed E-state index contributed by atoms with van der Waals surface area (Å²) in [5.41, 5.74) is 1.42. The van der Waals surface area contributed by atoms with Crippen molar-refractivity contribution in [3.8, 4) is 0 Å². The van der Waals surface area contributed by atoms with Crippen LogP contribution in [0, 0.1) is 0 Å². The van der Waals surface area contributed by atoms with E-state index in [2.05, 4.69) is 31.4 Å².